The first kappa shape index (κ1) is 29.5. The van der Waals surface area contributed by atoms with Crippen molar-refractivity contribution in [2.45, 2.75) is 71.6 Å². The monoisotopic (exact) mass is 493 g/mol. The maximum atomic E-state index is 11.7. The number of primary amides is 1. The molecule has 0 heterocycles. The number of rotatable bonds is 12. The minimum Gasteiger partial charge on any atom is -0.491 e. The van der Waals surface area contributed by atoms with Crippen molar-refractivity contribution in [3.63, 3.8) is 0 Å². The molecular formula is C25H43N3O5Si. The SMILES string of the molecule is CC(C)(C)NC(=O)OC/C=C/CNc1ccc(C(N)=O)cc1OCCCO[Si](C)(C)C(C)(C)C. The highest BCUT2D eigenvalue weighted by molar-refractivity contribution is 6.74. The van der Waals surface area contributed by atoms with Crippen molar-refractivity contribution in [2.24, 2.45) is 5.73 Å². The van der Waals surface area contributed by atoms with E-state index in [2.05, 4.69) is 44.5 Å². The first-order valence-electron chi connectivity index (χ1n) is 11.7. The molecule has 0 spiro atoms. The Morgan fingerprint density at radius 3 is 2.32 bits per heavy atom. The van der Waals surface area contributed by atoms with Crippen molar-refractivity contribution in [1.29, 1.82) is 0 Å². The Morgan fingerprint density at radius 1 is 1.06 bits per heavy atom. The molecule has 4 N–H and O–H groups in total. The second-order valence-electron chi connectivity index (χ2n) is 10.7. The maximum Gasteiger partial charge on any atom is 0.407 e. The molecule has 34 heavy (non-hydrogen) atoms. The van der Waals surface area contributed by atoms with Crippen LogP contribution in [0.25, 0.3) is 0 Å². The number of hydrogen-bond donors (Lipinski definition) is 3. The zero-order valence-corrected chi connectivity index (χ0v) is 23.0. The Morgan fingerprint density at radius 2 is 1.74 bits per heavy atom. The summed E-state index contributed by atoms with van der Waals surface area (Å²) in [6, 6.07) is 5.06. The summed E-state index contributed by atoms with van der Waals surface area (Å²) in [5, 5.41) is 6.14. The van der Waals surface area contributed by atoms with E-state index in [0.29, 0.717) is 31.1 Å². The first-order valence-corrected chi connectivity index (χ1v) is 14.6. The van der Waals surface area contributed by atoms with Crippen molar-refractivity contribution < 1.29 is 23.5 Å². The topological polar surface area (TPSA) is 112 Å². The second kappa shape index (κ2) is 12.8. The molecule has 192 valence electrons. The number of amides is 2. The normalized spacial score (nSPS) is 12.5. The van der Waals surface area contributed by atoms with Crippen LogP contribution in [0.1, 0.15) is 58.3 Å². The zero-order valence-electron chi connectivity index (χ0n) is 22.0. The number of nitrogens with two attached hydrogens (primary N) is 1. The molecule has 0 fully saturated rings. The second-order valence-corrected chi connectivity index (χ2v) is 15.5. The summed E-state index contributed by atoms with van der Waals surface area (Å²) >= 11 is 0. The lowest BCUT2D eigenvalue weighted by Crippen LogP contribution is -2.41. The van der Waals surface area contributed by atoms with E-state index in [1.54, 1.807) is 24.3 Å². The summed E-state index contributed by atoms with van der Waals surface area (Å²) in [5.41, 5.74) is 6.21. The molecule has 0 aliphatic heterocycles. The summed E-state index contributed by atoms with van der Waals surface area (Å²) < 4.78 is 17.2. The van der Waals surface area contributed by atoms with Gasteiger partial charge in [0.15, 0.2) is 8.32 Å². The highest BCUT2D eigenvalue weighted by Gasteiger charge is 2.36. The smallest absolute Gasteiger partial charge is 0.407 e. The van der Waals surface area contributed by atoms with E-state index < -0.39 is 20.3 Å². The van der Waals surface area contributed by atoms with Crippen LogP contribution in [0.3, 0.4) is 0 Å². The molecule has 1 aromatic rings. The van der Waals surface area contributed by atoms with Crippen molar-refractivity contribution >= 4 is 26.0 Å². The molecule has 0 aliphatic carbocycles. The van der Waals surface area contributed by atoms with Crippen LogP contribution in [-0.2, 0) is 9.16 Å². The third-order valence-electron chi connectivity index (χ3n) is 5.45. The van der Waals surface area contributed by atoms with Crippen LogP contribution >= 0.6 is 0 Å². The van der Waals surface area contributed by atoms with Crippen molar-refractivity contribution in [2.75, 3.05) is 31.7 Å². The van der Waals surface area contributed by atoms with Crippen molar-refractivity contribution in [3.05, 3.63) is 35.9 Å². The zero-order chi connectivity index (χ0) is 26.0. The minimum atomic E-state index is -1.79. The third kappa shape index (κ3) is 11.1. The molecule has 0 unspecified atom stereocenters. The van der Waals surface area contributed by atoms with E-state index in [1.165, 1.54) is 0 Å². The number of ether oxygens (including phenoxy) is 2. The van der Waals surface area contributed by atoms with Gasteiger partial charge in [-0.25, -0.2) is 4.79 Å². The Balaban J connectivity index is 2.58. The van der Waals surface area contributed by atoms with Gasteiger partial charge in [-0.05, 0) is 63.2 Å². The third-order valence-corrected chi connectivity index (χ3v) is 9.98. The van der Waals surface area contributed by atoms with Gasteiger partial charge < -0.3 is 30.3 Å². The van der Waals surface area contributed by atoms with E-state index >= 15 is 0 Å². The van der Waals surface area contributed by atoms with Gasteiger partial charge in [0.05, 0.1) is 12.3 Å². The van der Waals surface area contributed by atoms with E-state index in [9.17, 15) is 9.59 Å². The summed E-state index contributed by atoms with van der Waals surface area (Å²) in [6.07, 6.45) is 3.88. The van der Waals surface area contributed by atoms with Crippen LogP contribution < -0.4 is 21.1 Å². The molecule has 0 saturated heterocycles. The van der Waals surface area contributed by atoms with Crippen LogP contribution in [0, 0.1) is 0 Å². The highest BCUT2D eigenvalue weighted by Crippen LogP contribution is 2.36. The minimum absolute atomic E-state index is 0.162. The van der Waals surface area contributed by atoms with E-state index in [0.717, 1.165) is 12.1 Å². The molecule has 0 bridgehead atoms. The van der Waals surface area contributed by atoms with Gasteiger partial charge in [0.2, 0.25) is 5.91 Å². The van der Waals surface area contributed by atoms with Crippen LogP contribution in [0.15, 0.2) is 30.4 Å². The number of hydrogen-bond acceptors (Lipinski definition) is 6. The Labute approximate surface area is 205 Å². The van der Waals surface area contributed by atoms with E-state index in [-0.39, 0.29) is 17.2 Å². The maximum absolute atomic E-state index is 11.7. The predicted molar refractivity (Wildman–Crippen MR) is 140 cm³/mol. The average molecular weight is 494 g/mol. The number of carbonyl (C=O) groups is 2. The fourth-order valence-corrected chi connectivity index (χ4v) is 3.60. The standard InChI is InChI=1S/C25H43N3O5Si/c1-24(2,3)28-23(30)32-15-10-9-14-27-20-13-12-19(22(26)29)18-21(20)31-16-11-17-33-34(7,8)25(4,5)6/h9-10,12-13,18,27H,11,14-17H2,1-8H3,(H2,26,29)(H,28,30)/b10-9+. The summed E-state index contributed by atoms with van der Waals surface area (Å²) in [7, 11) is -1.79. The molecule has 0 radical (unpaired) electrons. The molecule has 9 heteroatoms. The summed E-state index contributed by atoms with van der Waals surface area (Å²) in [5.74, 6) is 0.0427. The predicted octanol–water partition coefficient (Wildman–Crippen LogP) is 5.07. The van der Waals surface area contributed by atoms with Crippen molar-refractivity contribution in [1.82, 2.24) is 5.32 Å². The molecule has 0 atom stereocenters. The van der Waals surface area contributed by atoms with Crippen LogP contribution in [-0.4, -0.2) is 52.2 Å². The molecule has 2 amide bonds. The molecular weight excluding hydrogens is 450 g/mol. The molecule has 1 aromatic carbocycles. The van der Waals surface area contributed by atoms with Gasteiger partial charge in [-0.2, -0.15) is 0 Å². The van der Waals surface area contributed by atoms with Gasteiger partial charge in [0.25, 0.3) is 0 Å². The van der Waals surface area contributed by atoms with Gasteiger partial charge in [-0.15, -0.1) is 0 Å². The number of carbonyl (C=O) groups excluding carboxylic acids is 2. The fraction of sp³-hybridized carbons (Fsp3) is 0.600. The Hall–Kier alpha value is -2.52. The molecule has 1 rings (SSSR count). The van der Waals surface area contributed by atoms with Gasteiger partial charge >= 0.3 is 6.09 Å². The van der Waals surface area contributed by atoms with Crippen LogP contribution in [0.4, 0.5) is 10.5 Å². The molecule has 8 nitrogen and oxygen atoms in total. The quantitative estimate of drug-likeness (QED) is 0.213. The lowest BCUT2D eigenvalue weighted by molar-refractivity contribution is 0.0999. The number of anilines is 1. The summed E-state index contributed by atoms with van der Waals surface area (Å²) in [6.45, 7) is 18.5. The molecule has 0 saturated carbocycles. The lowest BCUT2D eigenvalue weighted by Gasteiger charge is -2.36. The highest BCUT2D eigenvalue weighted by atomic mass is 28.4. The Bertz CT molecular complexity index is 842. The lowest BCUT2D eigenvalue weighted by atomic mass is 10.1. The van der Waals surface area contributed by atoms with Gasteiger partial charge in [-0.1, -0.05) is 26.8 Å². The first-order chi connectivity index (χ1) is 15.6. The Kier molecular flexibility index (Phi) is 11.1. The molecule has 0 aliphatic rings. The van der Waals surface area contributed by atoms with Crippen LogP contribution in [0.5, 0.6) is 5.75 Å². The van der Waals surface area contributed by atoms with Gasteiger partial charge in [0.1, 0.15) is 12.4 Å². The summed E-state index contributed by atoms with van der Waals surface area (Å²) in [4.78, 5) is 23.2. The van der Waals surface area contributed by atoms with E-state index in [1.807, 2.05) is 26.8 Å². The molecule has 0 aromatic heterocycles. The number of alkyl carbamates (subject to hydrolysis) is 1. The van der Waals surface area contributed by atoms with Gasteiger partial charge in [-0.3, -0.25) is 4.79 Å². The fourth-order valence-electron chi connectivity index (χ4n) is 2.51. The van der Waals surface area contributed by atoms with Crippen LogP contribution in [0.2, 0.25) is 18.1 Å². The van der Waals surface area contributed by atoms with Gasteiger partial charge in [0, 0.05) is 30.7 Å². The average Bonchev–Trinajstić information content (AvgIpc) is 2.68. The number of benzene rings is 1. The largest absolute Gasteiger partial charge is 0.491 e. The number of nitrogens with one attached hydrogen (secondary N) is 2. The van der Waals surface area contributed by atoms with Crippen molar-refractivity contribution in [3.8, 4) is 5.75 Å². The van der Waals surface area contributed by atoms with E-state index in [4.69, 9.17) is 19.6 Å².